The van der Waals surface area contributed by atoms with E-state index in [9.17, 15) is 14.4 Å². The van der Waals surface area contributed by atoms with E-state index >= 15 is 0 Å². The lowest BCUT2D eigenvalue weighted by Gasteiger charge is -2.08. The molecule has 0 atom stereocenters. The van der Waals surface area contributed by atoms with Gasteiger partial charge in [-0.1, -0.05) is 41.4 Å². The van der Waals surface area contributed by atoms with Crippen LogP contribution in [-0.4, -0.2) is 20.0 Å². The Bertz CT molecular complexity index is 1370. The monoisotopic (exact) mass is 428 g/mol. The molecule has 0 aliphatic rings. The molecule has 4 rings (SSSR count). The molecule has 0 radical (unpaired) electrons. The zero-order chi connectivity index (χ0) is 20.7. The van der Waals surface area contributed by atoms with Gasteiger partial charge in [0.1, 0.15) is 5.52 Å². The van der Waals surface area contributed by atoms with Crippen molar-refractivity contribution in [3.8, 4) is 5.69 Å². The quantitative estimate of drug-likeness (QED) is 0.522. The molecule has 0 aliphatic carbocycles. The van der Waals surface area contributed by atoms with E-state index in [2.05, 4.69) is 10.3 Å². The van der Waals surface area contributed by atoms with Gasteiger partial charge in [-0.15, -0.1) is 0 Å². The number of benzene rings is 2. The first-order chi connectivity index (χ1) is 13.9. The molecule has 0 fully saturated rings. The van der Waals surface area contributed by atoms with Gasteiger partial charge in [0, 0.05) is 18.3 Å². The number of aromatic amines is 1. The molecule has 29 heavy (non-hydrogen) atoms. The van der Waals surface area contributed by atoms with E-state index in [0.717, 1.165) is 4.57 Å². The number of aryl methyl sites for hydroxylation is 1. The maximum Gasteiger partial charge on any atom is 0.333 e. The summed E-state index contributed by atoms with van der Waals surface area (Å²) in [6, 6.07) is 13.2. The highest BCUT2D eigenvalue weighted by Crippen LogP contribution is 2.26. The molecule has 2 heterocycles. The van der Waals surface area contributed by atoms with Crippen LogP contribution in [0.4, 0.5) is 5.69 Å². The van der Waals surface area contributed by atoms with Crippen LogP contribution in [0.2, 0.25) is 10.0 Å². The Morgan fingerprint density at radius 1 is 1.07 bits per heavy atom. The molecule has 0 saturated carbocycles. The lowest BCUT2D eigenvalue weighted by atomic mass is 10.2. The Morgan fingerprint density at radius 2 is 1.79 bits per heavy atom. The number of nitrogens with one attached hydrogen (secondary N) is 2. The van der Waals surface area contributed by atoms with Crippen molar-refractivity contribution in [2.24, 2.45) is 7.05 Å². The first-order valence-corrected chi connectivity index (χ1v) is 9.28. The molecule has 0 bridgehead atoms. The molecule has 1 amide bonds. The molecule has 9 heteroatoms. The van der Waals surface area contributed by atoms with Gasteiger partial charge in [-0.3, -0.25) is 9.59 Å². The summed E-state index contributed by atoms with van der Waals surface area (Å²) in [6.07, 6.45) is 1.48. The van der Waals surface area contributed by atoms with Crippen molar-refractivity contribution < 1.29 is 4.79 Å². The number of hydrogen-bond donors (Lipinski definition) is 2. The van der Waals surface area contributed by atoms with Crippen LogP contribution in [0, 0.1) is 0 Å². The van der Waals surface area contributed by atoms with Crippen molar-refractivity contribution in [3.05, 3.63) is 91.2 Å². The standard InChI is InChI=1S/C20H14Cl2N4O3/c1-25-10-13(18(27)23-15-9-11(21)7-8-14(15)22)16-17(25)19(28)26(20(29)24-16)12-5-3-2-4-6-12/h2-10H,1H3,(H,23,27)(H,24,29). The third-order valence-electron chi connectivity index (χ3n) is 4.46. The summed E-state index contributed by atoms with van der Waals surface area (Å²) in [4.78, 5) is 41.1. The van der Waals surface area contributed by atoms with Crippen molar-refractivity contribution in [2.75, 3.05) is 5.32 Å². The number of para-hydroxylation sites is 1. The van der Waals surface area contributed by atoms with Gasteiger partial charge in [0.05, 0.1) is 27.5 Å². The fourth-order valence-corrected chi connectivity index (χ4v) is 3.48. The van der Waals surface area contributed by atoms with Crippen molar-refractivity contribution in [2.45, 2.75) is 0 Å². The lowest BCUT2D eigenvalue weighted by molar-refractivity contribution is 0.102. The van der Waals surface area contributed by atoms with Crippen molar-refractivity contribution in [3.63, 3.8) is 0 Å². The minimum atomic E-state index is -0.644. The van der Waals surface area contributed by atoms with Gasteiger partial charge < -0.3 is 14.9 Å². The van der Waals surface area contributed by atoms with Gasteiger partial charge in [0.25, 0.3) is 11.5 Å². The maximum atomic E-state index is 13.0. The van der Waals surface area contributed by atoms with Crippen LogP contribution in [0.25, 0.3) is 16.7 Å². The first-order valence-electron chi connectivity index (χ1n) is 8.53. The van der Waals surface area contributed by atoms with E-state index in [1.165, 1.54) is 16.8 Å². The second kappa shape index (κ2) is 7.27. The minimum absolute atomic E-state index is 0.132. The number of anilines is 1. The first kappa shape index (κ1) is 19.0. The highest BCUT2D eigenvalue weighted by Gasteiger charge is 2.20. The van der Waals surface area contributed by atoms with Gasteiger partial charge in [0.15, 0.2) is 0 Å². The molecule has 2 aromatic heterocycles. The molecule has 0 saturated heterocycles. The van der Waals surface area contributed by atoms with Crippen LogP contribution in [0.3, 0.4) is 0 Å². The van der Waals surface area contributed by atoms with E-state index in [-0.39, 0.29) is 16.6 Å². The molecule has 2 N–H and O–H groups in total. The number of hydrogen-bond acceptors (Lipinski definition) is 3. The number of carbonyl (C=O) groups excluding carboxylic acids is 1. The van der Waals surface area contributed by atoms with Crippen LogP contribution in [0.5, 0.6) is 0 Å². The Kier molecular flexibility index (Phi) is 4.77. The summed E-state index contributed by atoms with van der Waals surface area (Å²) in [5.74, 6) is -0.535. The van der Waals surface area contributed by atoms with Crippen molar-refractivity contribution >= 4 is 45.8 Å². The van der Waals surface area contributed by atoms with Gasteiger partial charge in [-0.05, 0) is 30.3 Å². The van der Waals surface area contributed by atoms with Crippen LogP contribution in [-0.2, 0) is 7.05 Å². The Labute approximate surface area is 174 Å². The third kappa shape index (κ3) is 3.35. The van der Waals surface area contributed by atoms with E-state index in [1.807, 2.05) is 0 Å². The number of nitrogens with zero attached hydrogens (tertiary/aromatic N) is 2. The van der Waals surface area contributed by atoms with Gasteiger partial charge in [0.2, 0.25) is 0 Å². The van der Waals surface area contributed by atoms with E-state index < -0.39 is 17.2 Å². The Hall–Kier alpha value is -3.29. The SMILES string of the molecule is Cn1cc(C(=O)Nc2cc(Cl)ccc2Cl)c2[nH]c(=O)n(-c3ccccc3)c(=O)c21. The molecule has 0 unspecified atom stereocenters. The summed E-state index contributed by atoms with van der Waals surface area (Å²) < 4.78 is 2.53. The molecule has 0 aliphatic heterocycles. The average Bonchev–Trinajstić information content (AvgIpc) is 3.02. The van der Waals surface area contributed by atoms with E-state index in [4.69, 9.17) is 23.2 Å². The van der Waals surface area contributed by atoms with Crippen LogP contribution >= 0.6 is 23.2 Å². The average molecular weight is 429 g/mol. The predicted molar refractivity (Wildman–Crippen MR) is 114 cm³/mol. The van der Waals surface area contributed by atoms with Crippen LogP contribution < -0.4 is 16.6 Å². The summed E-state index contributed by atoms with van der Waals surface area (Å²) in [5, 5.41) is 3.37. The van der Waals surface area contributed by atoms with E-state index in [0.29, 0.717) is 21.4 Å². The molecule has 0 spiro atoms. The Balaban J connectivity index is 1.85. The van der Waals surface area contributed by atoms with Crippen molar-refractivity contribution in [1.82, 2.24) is 14.1 Å². The van der Waals surface area contributed by atoms with Crippen molar-refractivity contribution in [1.29, 1.82) is 0 Å². The number of fused-ring (bicyclic) bond motifs is 1. The predicted octanol–water partition coefficient (Wildman–Crippen LogP) is 3.58. The normalized spacial score (nSPS) is 11.0. The molecular formula is C20H14Cl2N4O3. The number of amides is 1. The smallest absolute Gasteiger partial charge is 0.333 e. The number of H-pyrrole nitrogens is 1. The molecule has 4 aromatic rings. The Morgan fingerprint density at radius 3 is 2.52 bits per heavy atom. The van der Waals surface area contributed by atoms with Crippen LogP contribution in [0.15, 0.2) is 64.3 Å². The largest absolute Gasteiger partial charge is 0.344 e. The number of rotatable bonds is 3. The van der Waals surface area contributed by atoms with E-state index in [1.54, 1.807) is 49.5 Å². The topological polar surface area (TPSA) is 88.9 Å². The van der Waals surface area contributed by atoms with Crippen LogP contribution in [0.1, 0.15) is 10.4 Å². The molecule has 146 valence electrons. The zero-order valence-corrected chi connectivity index (χ0v) is 16.6. The van der Waals surface area contributed by atoms with Gasteiger partial charge in [-0.25, -0.2) is 9.36 Å². The fraction of sp³-hybridized carbons (Fsp3) is 0.0500. The summed E-state index contributed by atoms with van der Waals surface area (Å²) in [6.45, 7) is 0. The zero-order valence-electron chi connectivity index (χ0n) is 15.1. The second-order valence-electron chi connectivity index (χ2n) is 6.36. The molecule has 7 nitrogen and oxygen atoms in total. The number of carbonyl (C=O) groups is 1. The summed E-state index contributed by atoms with van der Waals surface area (Å²) in [7, 11) is 1.63. The molecule has 2 aromatic carbocycles. The lowest BCUT2D eigenvalue weighted by Crippen LogP contribution is -2.34. The van der Waals surface area contributed by atoms with Gasteiger partial charge in [-0.2, -0.15) is 0 Å². The molecular weight excluding hydrogens is 415 g/mol. The second-order valence-corrected chi connectivity index (χ2v) is 7.21. The minimum Gasteiger partial charge on any atom is -0.344 e. The fourth-order valence-electron chi connectivity index (χ4n) is 3.14. The highest BCUT2D eigenvalue weighted by atomic mass is 35.5. The summed E-state index contributed by atoms with van der Waals surface area (Å²) >= 11 is 12.1. The maximum absolute atomic E-state index is 13.0. The summed E-state index contributed by atoms with van der Waals surface area (Å²) in [5.41, 5.74) is 0.0424. The number of halogens is 2. The highest BCUT2D eigenvalue weighted by molar-refractivity contribution is 6.36. The number of aromatic nitrogens is 3. The van der Waals surface area contributed by atoms with Gasteiger partial charge >= 0.3 is 5.69 Å². The third-order valence-corrected chi connectivity index (χ3v) is 5.02.